The van der Waals surface area contributed by atoms with Crippen LogP contribution < -0.4 is 0 Å². The third-order valence-electron chi connectivity index (χ3n) is 4.63. The van der Waals surface area contributed by atoms with Gasteiger partial charge in [-0.15, -0.1) is 11.8 Å². The molecule has 1 aliphatic carbocycles. The maximum Gasteiger partial charge on any atom is 0.356 e. The molecule has 0 unspecified atom stereocenters. The van der Waals surface area contributed by atoms with Crippen molar-refractivity contribution in [1.82, 2.24) is 14.7 Å². The van der Waals surface area contributed by atoms with Crippen molar-refractivity contribution in [2.24, 2.45) is 7.05 Å². The van der Waals surface area contributed by atoms with E-state index in [4.69, 9.17) is 0 Å². The van der Waals surface area contributed by atoms with E-state index in [2.05, 4.69) is 5.10 Å². The summed E-state index contributed by atoms with van der Waals surface area (Å²) >= 11 is 1.75. The highest BCUT2D eigenvalue weighted by Crippen LogP contribution is 2.54. The first-order valence-corrected chi connectivity index (χ1v) is 11.9. The fourth-order valence-corrected chi connectivity index (χ4v) is 5.05. The maximum absolute atomic E-state index is 12.8. The van der Waals surface area contributed by atoms with E-state index in [1.807, 2.05) is 60.3 Å². The zero-order chi connectivity index (χ0) is 23.7. The number of carboxylic acid groups (broad SMARTS) is 1. The van der Waals surface area contributed by atoms with E-state index in [9.17, 15) is 19.8 Å². The molecule has 0 atom stereocenters. The second kappa shape index (κ2) is 12.3. The van der Waals surface area contributed by atoms with Gasteiger partial charge in [-0.2, -0.15) is 5.10 Å². The van der Waals surface area contributed by atoms with Gasteiger partial charge in [0, 0.05) is 35.2 Å². The number of carbonyl (C=O) groups excluding carboxylic acids is 1. The highest BCUT2D eigenvalue weighted by atomic mass is 32.2. The van der Waals surface area contributed by atoms with Gasteiger partial charge >= 0.3 is 5.97 Å². The lowest BCUT2D eigenvalue weighted by Gasteiger charge is -2.34. The van der Waals surface area contributed by atoms with Crippen molar-refractivity contribution in [3.8, 4) is 0 Å². The third-order valence-corrected chi connectivity index (χ3v) is 6.28. The van der Waals surface area contributed by atoms with Crippen LogP contribution in [-0.2, 0) is 13.5 Å². The molecule has 2 aliphatic rings. The van der Waals surface area contributed by atoms with Gasteiger partial charge in [0.05, 0.1) is 6.61 Å². The molecule has 1 saturated carbocycles. The lowest BCUT2D eigenvalue weighted by Crippen LogP contribution is -2.44. The van der Waals surface area contributed by atoms with Gasteiger partial charge in [-0.3, -0.25) is 9.48 Å². The Labute approximate surface area is 186 Å². The van der Waals surface area contributed by atoms with Crippen LogP contribution in [0.3, 0.4) is 0 Å². The number of amides is 1. The summed E-state index contributed by atoms with van der Waals surface area (Å²) in [6.45, 7) is 17.3. The number of nitrogens with zero attached hydrogens (tertiary/aromatic N) is 3. The minimum atomic E-state index is -1.09. The molecule has 0 bridgehead atoms. The standard InChI is InChI=1S/C16H23N3O4S.3C2H6/c1-15(2,9-20)24-16(5-6-16)8-19-7-4-10-11(14(22)23)17-18(3)12(10)13(19)21;3*1-2/h20H,4-9H2,1-3H3,(H,22,23);3*1-2H3. The molecule has 1 amide bonds. The van der Waals surface area contributed by atoms with Crippen LogP contribution in [0.15, 0.2) is 0 Å². The number of aryl methyl sites for hydroxylation is 1. The summed E-state index contributed by atoms with van der Waals surface area (Å²) in [5.74, 6) is -1.24. The molecule has 1 aromatic rings. The summed E-state index contributed by atoms with van der Waals surface area (Å²) in [6, 6.07) is 0. The van der Waals surface area contributed by atoms with E-state index in [1.165, 1.54) is 4.68 Å². The largest absolute Gasteiger partial charge is 0.476 e. The molecule has 3 rings (SSSR count). The summed E-state index contributed by atoms with van der Waals surface area (Å²) in [7, 11) is 1.61. The fraction of sp³-hybridized carbons (Fsp3) is 0.773. The van der Waals surface area contributed by atoms with E-state index in [0.717, 1.165) is 12.8 Å². The maximum atomic E-state index is 12.8. The number of hydrogen-bond acceptors (Lipinski definition) is 5. The van der Waals surface area contributed by atoms with E-state index in [-0.39, 0.29) is 27.7 Å². The van der Waals surface area contributed by atoms with Gasteiger partial charge in [-0.1, -0.05) is 41.5 Å². The summed E-state index contributed by atoms with van der Waals surface area (Å²) in [5, 5.41) is 22.7. The minimum Gasteiger partial charge on any atom is -0.476 e. The topological polar surface area (TPSA) is 95.7 Å². The number of thioether (sulfide) groups is 1. The monoisotopic (exact) mass is 443 g/mol. The van der Waals surface area contributed by atoms with Crippen LogP contribution in [0.2, 0.25) is 0 Å². The predicted molar refractivity (Wildman–Crippen MR) is 125 cm³/mol. The molecule has 0 radical (unpaired) electrons. The number of hydrogen-bond donors (Lipinski definition) is 2. The quantitative estimate of drug-likeness (QED) is 0.683. The van der Waals surface area contributed by atoms with Crippen molar-refractivity contribution in [1.29, 1.82) is 0 Å². The Morgan fingerprint density at radius 1 is 1.17 bits per heavy atom. The zero-order valence-corrected chi connectivity index (χ0v) is 21.0. The van der Waals surface area contributed by atoms with Crippen molar-refractivity contribution in [2.45, 2.75) is 84.1 Å². The van der Waals surface area contributed by atoms with E-state index in [1.54, 1.807) is 18.8 Å². The van der Waals surface area contributed by atoms with Gasteiger partial charge in [0.2, 0.25) is 0 Å². The molecule has 1 fully saturated rings. The number of aromatic nitrogens is 2. The molecule has 1 aromatic heterocycles. The lowest BCUT2D eigenvalue weighted by molar-refractivity contribution is 0.0688. The summed E-state index contributed by atoms with van der Waals surface area (Å²) < 4.78 is 1.16. The molecule has 1 aliphatic heterocycles. The molecule has 0 spiro atoms. The van der Waals surface area contributed by atoms with Crippen LogP contribution in [0.4, 0.5) is 0 Å². The molecule has 7 nitrogen and oxygen atoms in total. The number of carboxylic acids is 1. The van der Waals surface area contributed by atoms with Gasteiger partial charge < -0.3 is 15.1 Å². The van der Waals surface area contributed by atoms with E-state index in [0.29, 0.717) is 30.8 Å². The molecule has 2 N–H and O–H groups in total. The highest BCUT2D eigenvalue weighted by Gasteiger charge is 2.49. The van der Waals surface area contributed by atoms with Gasteiger partial charge in [0.15, 0.2) is 5.69 Å². The van der Waals surface area contributed by atoms with Gasteiger partial charge in [-0.05, 0) is 33.1 Å². The normalized spacial score (nSPS) is 16.1. The number of aromatic carboxylic acids is 1. The molecule has 8 heteroatoms. The van der Waals surface area contributed by atoms with Crippen molar-refractivity contribution >= 4 is 23.6 Å². The summed E-state index contributed by atoms with van der Waals surface area (Å²) in [4.78, 5) is 25.9. The van der Waals surface area contributed by atoms with Crippen LogP contribution in [0.1, 0.15) is 94.8 Å². The zero-order valence-electron chi connectivity index (χ0n) is 20.2. The Hall–Kier alpha value is -1.54. The molecule has 0 aromatic carbocycles. The number of aliphatic hydroxyl groups is 1. The van der Waals surface area contributed by atoms with Crippen molar-refractivity contribution < 1.29 is 19.8 Å². The molecule has 2 heterocycles. The Morgan fingerprint density at radius 3 is 2.13 bits per heavy atom. The lowest BCUT2D eigenvalue weighted by atomic mass is 10.0. The molecular formula is C22H41N3O4S. The summed E-state index contributed by atoms with van der Waals surface area (Å²) in [5.41, 5.74) is 0.915. The predicted octanol–water partition coefficient (Wildman–Crippen LogP) is 4.23. The Balaban J connectivity index is 0.00000129. The first-order chi connectivity index (χ1) is 14.2. The van der Waals surface area contributed by atoms with Crippen LogP contribution in [0.25, 0.3) is 0 Å². The smallest absolute Gasteiger partial charge is 0.356 e. The fourth-order valence-electron chi connectivity index (χ4n) is 3.29. The van der Waals surface area contributed by atoms with Crippen LogP contribution in [0, 0.1) is 0 Å². The Kier molecular flexibility index (Phi) is 11.7. The second-order valence-electron chi connectivity index (χ2n) is 7.28. The molecular weight excluding hydrogens is 402 g/mol. The average molecular weight is 444 g/mol. The van der Waals surface area contributed by atoms with Crippen molar-refractivity contribution in [3.63, 3.8) is 0 Å². The molecule has 174 valence electrons. The third kappa shape index (κ3) is 6.74. The van der Waals surface area contributed by atoms with E-state index < -0.39 is 5.97 Å². The second-order valence-corrected chi connectivity index (χ2v) is 9.46. The molecule has 30 heavy (non-hydrogen) atoms. The van der Waals surface area contributed by atoms with Crippen LogP contribution in [0.5, 0.6) is 0 Å². The number of fused-ring (bicyclic) bond motifs is 1. The molecule has 0 saturated heterocycles. The number of rotatable bonds is 6. The number of carbonyl (C=O) groups is 2. The first-order valence-electron chi connectivity index (χ1n) is 11.1. The average Bonchev–Trinajstić information content (AvgIpc) is 3.40. The van der Waals surface area contributed by atoms with Crippen molar-refractivity contribution in [2.75, 3.05) is 19.7 Å². The van der Waals surface area contributed by atoms with Gasteiger partial charge in [-0.25, -0.2) is 4.79 Å². The SMILES string of the molecule is CC.CC.CC.Cn1nc(C(=O)O)c2c1C(=O)N(CC1(SC(C)(C)CO)CC1)CC2. The van der Waals surface area contributed by atoms with E-state index >= 15 is 0 Å². The summed E-state index contributed by atoms with van der Waals surface area (Å²) in [6.07, 6.45) is 2.58. The minimum absolute atomic E-state index is 0.00755. The Bertz CT molecular complexity index is 697. The van der Waals surface area contributed by atoms with Crippen LogP contribution in [-0.4, -0.2) is 66.0 Å². The van der Waals surface area contributed by atoms with Crippen molar-refractivity contribution in [3.05, 3.63) is 17.0 Å². The van der Waals surface area contributed by atoms with Gasteiger partial charge in [0.25, 0.3) is 5.91 Å². The van der Waals surface area contributed by atoms with Crippen LogP contribution >= 0.6 is 11.8 Å². The Morgan fingerprint density at radius 2 is 1.70 bits per heavy atom. The highest BCUT2D eigenvalue weighted by molar-refractivity contribution is 8.02. The van der Waals surface area contributed by atoms with Gasteiger partial charge in [0.1, 0.15) is 5.69 Å². The first kappa shape index (κ1) is 28.5. The number of aliphatic hydroxyl groups excluding tert-OH is 1.